The Kier molecular flexibility index (Phi) is 1.21. The first-order valence-electron chi connectivity index (χ1n) is 3.95. The van der Waals surface area contributed by atoms with Crippen LogP contribution in [-0.2, 0) is 0 Å². The molecule has 0 radical (unpaired) electrons. The lowest BCUT2D eigenvalue weighted by Crippen LogP contribution is -2.07. The highest BCUT2D eigenvalue weighted by molar-refractivity contribution is 7.99. The lowest BCUT2D eigenvalue weighted by molar-refractivity contribution is 1.35. The highest BCUT2D eigenvalue weighted by Crippen LogP contribution is 2.19. The molecule has 0 saturated heterocycles. The van der Waals surface area contributed by atoms with Crippen LogP contribution in [0.15, 0.2) is 22.0 Å². The van der Waals surface area contributed by atoms with Gasteiger partial charge in [-0.15, -0.1) is 11.8 Å². The quantitative estimate of drug-likeness (QED) is 0.571. The van der Waals surface area contributed by atoms with E-state index in [0.29, 0.717) is 0 Å². The minimum atomic E-state index is 1.11. The molecule has 2 heteroatoms. The van der Waals surface area contributed by atoms with Crippen LogP contribution in [0.25, 0.3) is 12.2 Å². The Balaban J connectivity index is 2.45. The monoisotopic (exact) mass is 173 g/mol. The zero-order chi connectivity index (χ0) is 7.97. The van der Waals surface area contributed by atoms with Gasteiger partial charge in [0.15, 0.2) is 0 Å². The van der Waals surface area contributed by atoms with Crippen LogP contribution in [0, 0.1) is 0 Å². The zero-order valence-corrected chi connectivity index (χ0v) is 7.27. The van der Waals surface area contributed by atoms with E-state index in [-0.39, 0.29) is 0 Å². The number of aliphatic imine (C=N–C) groups is 1. The van der Waals surface area contributed by atoms with Gasteiger partial charge < -0.3 is 0 Å². The first kappa shape index (κ1) is 6.49. The summed E-state index contributed by atoms with van der Waals surface area (Å²) >= 11 is 1.90. The molecule has 0 atom stereocenters. The van der Waals surface area contributed by atoms with Gasteiger partial charge in [-0.05, 0) is 23.4 Å². The summed E-state index contributed by atoms with van der Waals surface area (Å²) < 4.78 is 0. The molecular formula is C10H7NS. The van der Waals surface area contributed by atoms with Crippen molar-refractivity contribution in [2.75, 3.05) is 5.75 Å². The lowest BCUT2D eigenvalue weighted by Gasteiger charge is -1.94. The number of fused-ring (bicyclic) bond motifs is 2. The van der Waals surface area contributed by atoms with Crippen molar-refractivity contribution < 1.29 is 0 Å². The average Bonchev–Trinajstić information content (AvgIpc) is 2.64. The van der Waals surface area contributed by atoms with Crippen molar-refractivity contribution in [3.05, 3.63) is 22.6 Å². The third kappa shape index (κ3) is 0.786. The summed E-state index contributed by atoms with van der Waals surface area (Å²) in [5.41, 5.74) is 1.12. The fourth-order valence-electron chi connectivity index (χ4n) is 1.55. The van der Waals surface area contributed by atoms with Gasteiger partial charge in [-0.2, -0.15) is 0 Å². The van der Waals surface area contributed by atoms with E-state index in [1.54, 1.807) is 0 Å². The molecule has 0 spiro atoms. The van der Waals surface area contributed by atoms with Crippen molar-refractivity contribution in [1.29, 1.82) is 0 Å². The molecule has 0 amide bonds. The molecule has 2 aliphatic rings. The average molecular weight is 173 g/mol. The van der Waals surface area contributed by atoms with Crippen molar-refractivity contribution in [2.24, 2.45) is 4.99 Å². The molecule has 3 rings (SSSR count). The van der Waals surface area contributed by atoms with Gasteiger partial charge in [-0.3, -0.25) is 4.99 Å². The molecule has 0 aliphatic carbocycles. The Hall–Kier alpha value is -1.02. The molecule has 1 nitrogen and oxygen atoms in total. The maximum atomic E-state index is 4.27. The Bertz CT molecular complexity index is 485. The van der Waals surface area contributed by atoms with Gasteiger partial charge in [0.25, 0.3) is 0 Å². The van der Waals surface area contributed by atoms with Crippen LogP contribution in [0.4, 0.5) is 5.69 Å². The Morgan fingerprint density at radius 1 is 1.25 bits per heavy atom. The van der Waals surface area contributed by atoms with Crippen molar-refractivity contribution in [2.45, 2.75) is 4.90 Å². The molecule has 0 unspecified atom stereocenters. The van der Waals surface area contributed by atoms with Crippen molar-refractivity contribution >= 4 is 35.8 Å². The van der Waals surface area contributed by atoms with Crippen molar-refractivity contribution in [3.63, 3.8) is 0 Å². The van der Waals surface area contributed by atoms with Crippen molar-refractivity contribution in [3.8, 4) is 0 Å². The number of benzene rings is 1. The van der Waals surface area contributed by atoms with E-state index >= 15 is 0 Å². The summed E-state index contributed by atoms with van der Waals surface area (Å²) in [7, 11) is 0. The standard InChI is InChI=1S/C10H7NS/c1-3-11-9-5-8-2-4-12-10(8)6-7(1)9/h1-3,5-6H,4H2. The fraction of sp³-hybridized carbons (Fsp3) is 0.100. The number of rotatable bonds is 0. The molecule has 0 N–H and O–H groups in total. The second kappa shape index (κ2) is 2.23. The molecular weight excluding hydrogens is 166 g/mol. The molecule has 58 valence electrons. The molecule has 0 saturated carbocycles. The zero-order valence-electron chi connectivity index (χ0n) is 6.45. The largest absolute Gasteiger partial charge is 0.256 e. The summed E-state index contributed by atoms with van der Waals surface area (Å²) in [6, 6.07) is 4.40. The van der Waals surface area contributed by atoms with E-state index in [1.807, 2.05) is 18.0 Å². The van der Waals surface area contributed by atoms with Gasteiger partial charge in [0.2, 0.25) is 0 Å². The normalized spacial score (nSPS) is 16.7. The fourth-order valence-corrected chi connectivity index (χ4v) is 2.51. The third-order valence-corrected chi connectivity index (χ3v) is 3.17. The van der Waals surface area contributed by atoms with E-state index < -0.39 is 0 Å². The SMILES string of the molecule is C1=Nc2cc3c(cc2=C1)SCC=3. The lowest BCUT2D eigenvalue weighted by atomic mass is 10.2. The maximum absolute atomic E-state index is 4.27. The number of nitrogens with zero attached hydrogens (tertiary/aromatic N) is 1. The maximum Gasteiger partial charge on any atom is 0.0709 e. The van der Waals surface area contributed by atoms with Crippen molar-refractivity contribution in [1.82, 2.24) is 0 Å². The van der Waals surface area contributed by atoms with Crippen LogP contribution in [0.3, 0.4) is 0 Å². The number of hydrogen-bond acceptors (Lipinski definition) is 2. The van der Waals surface area contributed by atoms with E-state index in [0.717, 1.165) is 11.4 Å². The van der Waals surface area contributed by atoms with Gasteiger partial charge in [0.05, 0.1) is 5.69 Å². The van der Waals surface area contributed by atoms with E-state index in [9.17, 15) is 0 Å². The predicted octanol–water partition coefficient (Wildman–Crippen LogP) is 1.07. The van der Waals surface area contributed by atoms with Crippen LogP contribution in [0.1, 0.15) is 0 Å². The summed E-state index contributed by atoms with van der Waals surface area (Å²) in [4.78, 5) is 5.67. The molecule has 1 aromatic rings. The van der Waals surface area contributed by atoms with Crippen LogP contribution in [0.5, 0.6) is 0 Å². The topological polar surface area (TPSA) is 12.4 Å². The summed E-state index contributed by atoms with van der Waals surface area (Å²) in [6.45, 7) is 0. The molecule has 2 aliphatic heterocycles. The molecule has 0 fully saturated rings. The highest BCUT2D eigenvalue weighted by Gasteiger charge is 2.06. The van der Waals surface area contributed by atoms with Crippen LogP contribution in [0.2, 0.25) is 0 Å². The van der Waals surface area contributed by atoms with Gasteiger partial charge >= 0.3 is 0 Å². The molecule has 2 heterocycles. The van der Waals surface area contributed by atoms with Gasteiger partial charge in [-0.1, -0.05) is 6.08 Å². The van der Waals surface area contributed by atoms with E-state index in [2.05, 4.69) is 29.3 Å². The summed E-state index contributed by atoms with van der Waals surface area (Å²) in [5.74, 6) is 1.11. The van der Waals surface area contributed by atoms with Crippen LogP contribution >= 0.6 is 11.8 Å². The number of thioether (sulfide) groups is 1. The minimum Gasteiger partial charge on any atom is -0.256 e. The number of hydrogen-bond donors (Lipinski definition) is 0. The third-order valence-electron chi connectivity index (χ3n) is 2.17. The Morgan fingerprint density at radius 2 is 2.25 bits per heavy atom. The van der Waals surface area contributed by atoms with E-state index in [4.69, 9.17) is 0 Å². The second-order valence-electron chi connectivity index (χ2n) is 2.91. The summed E-state index contributed by atoms with van der Waals surface area (Å²) in [6.07, 6.45) is 6.19. The van der Waals surface area contributed by atoms with Gasteiger partial charge in [0, 0.05) is 22.1 Å². The molecule has 1 aromatic carbocycles. The predicted molar refractivity (Wildman–Crippen MR) is 53.5 cm³/mol. The van der Waals surface area contributed by atoms with Gasteiger partial charge in [-0.25, -0.2) is 0 Å². The summed E-state index contributed by atoms with van der Waals surface area (Å²) in [5, 5.41) is 2.61. The first-order valence-corrected chi connectivity index (χ1v) is 4.93. The van der Waals surface area contributed by atoms with Crippen LogP contribution < -0.4 is 10.4 Å². The molecule has 0 bridgehead atoms. The van der Waals surface area contributed by atoms with Gasteiger partial charge in [0.1, 0.15) is 0 Å². The van der Waals surface area contributed by atoms with E-state index in [1.165, 1.54) is 15.3 Å². The minimum absolute atomic E-state index is 1.11. The highest BCUT2D eigenvalue weighted by atomic mass is 32.2. The van der Waals surface area contributed by atoms with Crippen LogP contribution in [-0.4, -0.2) is 12.0 Å². The Morgan fingerprint density at radius 3 is 3.25 bits per heavy atom. The smallest absolute Gasteiger partial charge is 0.0709 e. The molecule has 0 aromatic heterocycles. The second-order valence-corrected chi connectivity index (χ2v) is 3.97. The first-order chi connectivity index (χ1) is 5.93. The Labute approximate surface area is 74.5 Å². The molecule has 12 heavy (non-hydrogen) atoms.